The first-order chi connectivity index (χ1) is 9.45. The fourth-order valence-corrected chi connectivity index (χ4v) is 2.52. The van der Waals surface area contributed by atoms with Gasteiger partial charge in [-0.2, -0.15) is 0 Å². The summed E-state index contributed by atoms with van der Waals surface area (Å²) >= 11 is 6.21. The van der Waals surface area contributed by atoms with Crippen LogP contribution < -0.4 is 19.5 Å². The number of ether oxygens (including phenoxy) is 2. The van der Waals surface area contributed by atoms with E-state index in [2.05, 4.69) is 10.0 Å². The molecule has 20 heavy (non-hydrogen) atoms. The molecule has 0 atom stereocenters. The van der Waals surface area contributed by atoms with Gasteiger partial charge in [0.15, 0.2) is 11.5 Å². The molecule has 6 nitrogen and oxygen atoms in total. The van der Waals surface area contributed by atoms with Crippen LogP contribution in [0, 0.1) is 0 Å². The van der Waals surface area contributed by atoms with Gasteiger partial charge in [-0.15, -0.1) is 0 Å². The Bertz CT molecular complexity index is 549. The molecule has 8 heteroatoms. The summed E-state index contributed by atoms with van der Waals surface area (Å²) in [5.74, 6) is 1.03. The second-order valence-corrected chi connectivity index (χ2v) is 6.40. The van der Waals surface area contributed by atoms with Crippen LogP contribution in [-0.2, 0) is 16.6 Å². The summed E-state index contributed by atoms with van der Waals surface area (Å²) in [6.45, 7) is 0.770. The van der Waals surface area contributed by atoms with Gasteiger partial charge in [0.2, 0.25) is 10.0 Å². The lowest BCUT2D eigenvalue weighted by atomic mass is 10.2. The van der Waals surface area contributed by atoms with Crippen molar-refractivity contribution < 1.29 is 17.9 Å². The molecule has 2 N–H and O–H groups in total. The fourth-order valence-electron chi connectivity index (χ4n) is 1.60. The van der Waals surface area contributed by atoms with Crippen LogP contribution in [0.1, 0.15) is 5.56 Å². The first-order valence-electron chi connectivity index (χ1n) is 5.96. The van der Waals surface area contributed by atoms with Crippen LogP contribution in [0.5, 0.6) is 11.5 Å². The molecular formula is C12H19ClN2O4S. The van der Waals surface area contributed by atoms with Crippen LogP contribution in [0.3, 0.4) is 0 Å². The standard InChI is InChI=1S/C12H19ClN2O4S/c1-14-20(16,17)7-6-15-8-9-4-5-10(18-2)12(19-3)11(9)13/h4-5,14-15H,6-8H2,1-3H3. The Balaban J connectivity index is 2.65. The van der Waals surface area contributed by atoms with Gasteiger partial charge in [0, 0.05) is 13.1 Å². The molecular weight excluding hydrogens is 304 g/mol. The van der Waals surface area contributed by atoms with Crippen molar-refractivity contribution >= 4 is 21.6 Å². The summed E-state index contributed by atoms with van der Waals surface area (Å²) in [5, 5.41) is 3.48. The average Bonchev–Trinajstić information content (AvgIpc) is 2.44. The number of hydrogen-bond donors (Lipinski definition) is 2. The van der Waals surface area contributed by atoms with E-state index in [4.69, 9.17) is 21.1 Å². The van der Waals surface area contributed by atoms with Crippen LogP contribution in [0.4, 0.5) is 0 Å². The summed E-state index contributed by atoms with van der Waals surface area (Å²) in [6.07, 6.45) is 0. The lowest BCUT2D eigenvalue weighted by Gasteiger charge is -2.13. The number of nitrogens with one attached hydrogen (secondary N) is 2. The predicted molar refractivity (Wildman–Crippen MR) is 79.1 cm³/mol. The van der Waals surface area contributed by atoms with Crippen molar-refractivity contribution in [2.75, 3.05) is 33.6 Å². The van der Waals surface area contributed by atoms with Gasteiger partial charge in [-0.05, 0) is 18.7 Å². The molecule has 0 spiro atoms. The molecule has 0 amide bonds. The Morgan fingerprint density at radius 3 is 2.50 bits per heavy atom. The number of methoxy groups -OCH3 is 2. The number of sulfonamides is 1. The molecule has 1 aromatic carbocycles. The van der Waals surface area contributed by atoms with Gasteiger partial charge < -0.3 is 14.8 Å². The number of rotatable bonds is 8. The summed E-state index contributed by atoms with van der Waals surface area (Å²) < 4.78 is 35.1. The molecule has 0 saturated carbocycles. The minimum Gasteiger partial charge on any atom is -0.493 e. The van der Waals surface area contributed by atoms with Crippen molar-refractivity contribution in [3.8, 4) is 11.5 Å². The van der Waals surface area contributed by atoms with Gasteiger partial charge in [0.1, 0.15) is 0 Å². The van der Waals surface area contributed by atoms with Crippen molar-refractivity contribution in [1.82, 2.24) is 10.0 Å². The third-order valence-corrected chi connectivity index (χ3v) is 4.52. The van der Waals surface area contributed by atoms with Gasteiger partial charge in [0.05, 0.1) is 25.0 Å². The molecule has 0 aliphatic heterocycles. The molecule has 0 unspecified atom stereocenters. The first-order valence-corrected chi connectivity index (χ1v) is 7.99. The predicted octanol–water partition coefficient (Wildman–Crippen LogP) is 0.996. The normalized spacial score (nSPS) is 11.4. The zero-order chi connectivity index (χ0) is 15.2. The summed E-state index contributed by atoms with van der Waals surface area (Å²) in [4.78, 5) is 0. The third kappa shape index (κ3) is 4.52. The molecule has 0 heterocycles. The fraction of sp³-hybridized carbons (Fsp3) is 0.500. The maximum Gasteiger partial charge on any atom is 0.212 e. The molecule has 0 aliphatic carbocycles. The minimum absolute atomic E-state index is 0.00834. The van der Waals surface area contributed by atoms with Crippen molar-refractivity contribution in [3.63, 3.8) is 0 Å². The van der Waals surface area contributed by atoms with Gasteiger partial charge in [-0.3, -0.25) is 0 Å². The highest BCUT2D eigenvalue weighted by molar-refractivity contribution is 7.89. The van der Waals surface area contributed by atoms with E-state index in [1.165, 1.54) is 21.3 Å². The van der Waals surface area contributed by atoms with Gasteiger partial charge >= 0.3 is 0 Å². The topological polar surface area (TPSA) is 76.7 Å². The second kappa shape index (κ2) is 7.68. The number of benzene rings is 1. The maximum absolute atomic E-state index is 11.2. The zero-order valence-electron chi connectivity index (χ0n) is 11.7. The molecule has 0 aliphatic rings. The van der Waals surface area contributed by atoms with Crippen molar-refractivity contribution in [2.24, 2.45) is 0 Å². The Labute approximate surface area is 124 Å². The third-order valence-electron chi connectivity index (χ3n) is 2.74. The molecule has 0 aromatic heterocycles. The van der Waals surface area contributed by atoms with E-state index >= 15 is 0 Å². The van der Waals surface area contributed by atoms with Gasteiger partial charge in [-0.1, -0.05) is 17.7 Å². The molecule has 0 saturated heterocycles. The van der Waals surface area contributed by atoms with E-state index in [1.807, 2.05) is 6.07 Å². The van der Waals surface area contributed by atoms with E-state index in [9.17, 15) is 8.42 Å². The van der Waals surface area contributed by atoms with E-state index in [0.717, 1.165) is 5.56 Å². The Hall–Kier alpha value is -1.02. The molecule has 0 radical (unpaired) electrons. The SMILES string of the molecule is CNS(=O)(=O)CCNCc1ccc(OC)c(OC)c1Cl. The Kier molecular flexibility index (Phi) is 6.54. The van der Waals surface area contributed by atoms with Crippen LogP contribution >= 0.6 is 11.6 Å². The van der Waals surface area contributed by atoms with Crippen molar-refractivity contribution in [3.05, 3.63) is 22.7 Å². The highest BCUT2D eigenvalue weighted by atomic mass is 35.5. The summed E-state index contributed by atoms with van der Waals surface area (Å²) in [7, 11) is 1.24. The monoisotopic (exact) mass is 322 g/mol. The molecule has 1 rings (SSSR count). The number of hydrogen-bond acceptors (Lipinski definition) is 5. The molecule has 1 aromatic rings. The lowest BCUT2D eigenvalue weighted by molar-refractivity contribution is 0.354. The zero-order valence-corrected chi connectivity index (χ0v) is 13.3. The van der Waals surface area contributed by atoms with E-state index < -0.39 is 10.0 Å². The molecule has 114 valence electrons. The van der Waals surface area contributed by atoms with Crippen molar-refractivity contribution in [2.45, 2.75) is 6.54 Å². The largest absolute Gasteiger partial charge is 0.493 e. The van der Waals surface area contributed by atoms with Crippen LogP contribution in [0.15, 0.2) is 12.1 Å². The smallest absolute Gasteiger partial charge is 0.212 e. The van der Waals surface area contributed by atoms with E-state index in [0.29, 0.717) is 29.6 Å². The summed E-state index contributed by atoms with van der Waals surface area (Å²) in [6, 6.07) is 3.56. The summed E-state index contributed by atoms with van der Waals surface area (Å²) in [5.41, 5.74) is 0.811. The van der Waals surface area contributed by atoms with Crippen LogP contribution in [-0.4, -0.2) is 42.0 Å². The Morgan fingerprint density at radius 2 is 1.95 bits per heavy atom. The van der Waals surface area contributed by atoms with Crippen molar-refractivity contribution in [1.29, 1.82) is 0 Å². The highest BCUT2D eigenvalue weighted by Gasteiger charge is 2.13. The molecule has 0 bridgehead atoms. The lowest BCUT2D eigenvalue weighted by Crippen LogP contribution is -2.29. The minimum atomic E-state index is -3.20. The van der Waals surface area contributed by atoms with E-state index in [-0.39, 0.29) is 5.75 Å². The second-order valence-electron chi connectivity index (χ2n) is 3.97. The van der Waals surface area contributed by atoms with Gasteiger partial charge in [0.25, 0.3) is 0 Å². The highest BCUT2D eigenvalue weighted by Crippen LogP contribution is 2.37. The van der Waals surface area contributed by atoms with Crippen LogP contribution in [0.2, 0.25) is 5.02 Å². The Morgan fingerprint density at radius 1 is 1.25 bits per heavy atom. The van der Waals surface area contributed by atoms with Crippen LogP contribution in [0.25, 0.3) is 0 Å². The van der Waals surface area contributed by atoms with Gasteiger partial charge in [-0.25, -0.2) is 13.1 Å². The first kappa shape index (κ1) is 17.0. The quantitative estimate of drug-likeness (QED) is 0.698. The maximum atomic E-state index is 11.2. The molecule has 0 fully saturated rings. The van der Waals surface area contributed by atoms with E-state index in [1.54, 1.807) is 6.07 Å². The number of halogens is 1. The average molecular weight is 323 g/mol.